The molecule has 34 heavy (non-hydrogen) atoms. The fraction of sp³-hybridized carbons (Fsp3) is 0.333. The van der Waals surface area contributed by atoms with Gasteiger partial charge in [-0.3, -0.25) is 0 Å². The van der Waals surface area contributed by atoms with Crippen molar-refractivity contribution >= 4 is 66.0 Å². The molecule has 0 saturated heterocycles. The van der Waals surface area contributed by atoms with E-state index in [2.05, 4.69) is 58.7 Å². The van der Waals surface area contributed by atoms with E-state index in [1.807, 2.05) is 42.6 Å². The van der Waals surface area contributed by atoms with Crippen LogP contribution in [0.5, 0.6) is 5.75 Å². The maximum absolute atomic E-state index is 9.83. The number of nitrogens with zero attached hydrogens (tertiary/aromatic N) is 2. The maximum Gasteiger partial charge on any atom is 0.148 e. The molecule has 0 saturated carbocycles. The standard InChI is InChI=1S/C27H25Br2ClN2OS/c1-27(2,3)18-8-9-19-20(13-31)26(34-24(19)12-18)32-14-16-10-21(28)25(22(29)11-16)33-15-17-6-4-5-7-23(17)30/h4-7,10-11,14,18H,8-9,12,15H2,1-3H3/t18-/m0/s1. The van der Waals surface area contributed by atoms with Crippen molar-refractivity contribution in [2.45, 2.75) is 46.6 Å². The van der Waals surface area contributed by atoms with Gasteiger partial charge in [0.05, 0.1) is 14.5 Å². The number of fused-ring (bicyclic) bond motifs is 1. The summed E-state index contributed by atoms with van der Waals surface area (Å²) in [4.78, 5) is 6.05. The largest absolute Gasteiger partial charge is 0.486 e. The van der Waals surface area contributed by atoms with Gasteiger partial charge in [-0.15, -0.1) is 11.3 Å². The van der Waals surface area contributed by atoms with Crippen LogP contribution in [-0.4, -0.2) is 6.21 Å². The molecule has 0 amide bonds. The number of halogens is 3. The van der Waals surface area contributed by atoms with E-state index in [4.69, 9.17) is 21.3 Å². The van der Waals surface area contributed by atoms with Crippen LogP contribution in [-0.2, 0) is 19.4 Å². The van der Waals surface area contributed by atoms with E-state index in [0.29, 0.717) is 23.3 Å². The first-order chi connectivity index (χ1) is 16.2. The molecule has 0 radical (unpaired) electrons. The van der Waals surface area contributed by atoms with Crippen molar-refractivity contribution in [1.29, 1.82) is 5.26 Å². The number of rotatable bonds is 5. The van der Waals surface area contributed by atoms with Crippen LogP contribution in [0, 0.1) is 22.7 Å². The maximum atomic E-state index is 9.83. The zero-order chi connectivity index (χ0) is 24.5. The van der Waals surface area contributed by atoms with Crippen LogP contribution in [0.4, 0.5) is 5.00 Å². The minimum atomic E-state index is 0.270. The molecule has 0 bridgehead atoms. The van der Waals surface area contributed by atoms with Gasteiger partial charge in [0.25, 0.3) is 0 Å². The molecule has 0 unspecified atom stereocenters. The smallest absolute Gasteiger partial charge is 0.148 e. The van der Waals surface area contributed by atoms with Crippen LogP contribution < -0.4 is 4.74 Å². The van der Waals surface area contributed by atoms with E-state index >= 15 is 0 Å². The Morgan fingerprint density at radius 1 is 1.24 bits per heavy atom. The Balaban J connectivity index is 1.54. The summed E-state index contributed by atoms with van der Waals surface area (Å²) in [7, 11) is 0. The van der Waals surface area contributed by atoms with Crippen LogP contribution in [0.15, 0.2) is 50.3 Å². The van der Waals surface area contributed by atoms with Gasteiger partial charge in [-0.25, -0.2) is 4.99 Å². The number of hydrogen-bond acceptors (Lipinski definition) is 4. The molecule has 3 nitrogen and oxygen atoms in total. The topological polar surface area (TPSA) is 45.4 Å². The first-order valence-corrected chi connectivity index (χ1v) is 13.9. The van der Waals surface area contributed by atoms with E-state index in [-0.39, 0.29) is 5.41 Å². The van der Waals surface area contributed by atoms with Crippen molar-refractivity contribution in [3.63, 3.8) is 0 Å². The molecule has 1 atom stereocenters. The minimum Gasteiger partial charge on any atom is -0.486 e. The Bertz CT molecular complexity index is 1260. The van der Waals surface area contributed by atoms with Gasteiger partial charge in [0.2, 0.25) is 0 Å². The number of ether oxygens (including phenoxy) is 1. The molecular weight excluding hydrogens is 596 g/mol. The average Bonchev–Trinajstić information content (AvgIpc) is 3.14. The highest BCUT2D eigenvalue weighted by molar-refractivity contribution is 9.11. The van der Waals surface area contributed by atoms with E-state index in [0.717, 1.165) is 49.9 Å². The monoisotopic (exact) mass is 618 g/mol. The predicted molar refractivity (Wildman–Crippen MR) is 149 cm³/mol. The summed E-state index contributed by atoms with van der Waals surface area (Å²) in [5, 5.41) is 11.3. The quantitative estimate of drug-likeness (QED) is 0.267. The molecule has 1 aliphatic rings. The highest BCUT2D eigenvalue weighted by Crippen LogP contribution is 2.45. The lowest BCUT2D eigenvalue weighted by atomic mass is 9.72. The van der Waals surface area contributed by atoms with Crippen LogP contribution in [0.1, 0.15) is 54.3 Å². The molecule has 2 aromatic carbocycles. The van der Waals surface area contributed by atoms with Gasteiger partial charge in [0, 0.05) is 21.7 Å². The number of hydrogen-bond donors (Lipinski definition) is 0. The molecule has 0 spiro atoms. The van der Waals surface area contributed by atoms with Crippen molar-refractivity contribution in [3.8, 4) is 11.8 Å². The van der Waals surface area contributed by atoms with Gasteiger partial charge in [-0.05, 0) is 91.8 Å². The Kier molecular flexibility index (Phi) is 7.89. The van der Waals surface area contributed by atoms with Crippen molar-refractivity contribution in [2.75, 3.05) is 0 Å². The summed E-state index contributed by atoms with van der Waals surface area (Å²) in [5.74, 6) is 1.34. The van der Waals surface area contributed by atoms with Crippen molar-refractivity contribution < 1.29 is 4.74 Å². The lowest BCUT2D eigenvalue weighted by Gasteiger charge is -2.33. The van der Waals surface area contributed by atoms with Crippen molar-refractivity contribution in [3.05, 3.63) is 77.5 Å². The first kappa shape index (κ1) is 25.4. The predicted octanol–water partition coefficient (Wildman–Crippen LogP) is 9.28. The van der Waals surface area contributed by atoms with Crippen molar-refractivity contribution in [2.24, 2.45) is 16.3 Å². The number of nitriles is 1. The van der Waals surface area contributed by atoms with Gasteiger partial charge < -0.3 is 4.74 Å². The zero-order valence-corrected chi connectivity index (χ0v) is 24.0. The molecule has 0 N–H and O–H groups in total. The first-order valence-electron chi connectivity index (χ1n) is 11.1. The SMILES string of the molecule is CC(C)(C)[C@H]1CCc2c(sc(N=Cc3cc(Br)c(OCc4ccccc4Cl)c(Br)c3)c2C#N)C1. The number of aliphatic imine (C=N–C) groups is 1. The summed E-state index contributed by atoms with van der Waals surface area (Å²) in [6.07, 6.45) is 4.93. The highest BCUT2D eigenvalue weighted by atomic mass is 79.9. The van der Waals surface area contributed by atoms with Gasteiger partial charge >= 0.3 is 0 Å². The molecule has 1 aliphatic carbocycles. The summed E-state index contributed by atoms with van der Waals surface area (Å²) < 4.78 is 7.65. The second-order valence-electron chi connectivity index (χ2n) is 9.55. The van der Waals surface area contributed by atoms with E-state index < -0.39 is 0 Å². The fourth-order valence-corrected chi connectivity index (χ4v) is 7.07. The lowest BCUT2D eigenvalue weighted by molar-refractivity contribution is 0.218. The summed E-state index contributed by atoms with van der Waals surface area (Å²) in [6, 6.07) is 14.0. The molecule has 4 rings (SSSR count). The molecule has 0 aliphatic heterocycles. The Hall–Kier alpha value is -1.65. The van der Waals surface area contributed by atoms with Gasteiger partial charge in [-0.1, -0.05) is 50.6 Å². The summed E-state index contributed by atoms with van der Waals surface area (Å²) in [5.41, 5.74) is 4.04. The third-order valence-corrected chi connectivity index (χ3v) is 8.97. The second-order valence-corrected chi connectivity index (χ2v) is 12.8. The fourth-order valence-electron chi connectivity index (χ4n) is 4.21. The van der Waals surface area contributed by atoms with Gasteiger partial charge in [0.15, 0.2) is 0 Å². The Morgan fingerprint density at radius 3 is 2.59 bits per heavy atom. The van der Waals surface area contributed by atoms with E-state index in [1.165, 1.54) is 10.4 Å². The van der Waals surface area contributed by atoms with Crippen LogP contribution >= 0.6 is 54.8 Å². The third-order valence-electron chi connectivity index (χ3n) is 6.26. The van der Waals surface area contributed by atoms with Crippen LogP contribution in [0.25, 0.3) is 0 Å². The molecular formula is C27H25Br2ClN2OS. The molecule has 7 heteroatoms. The zero-order valence-electron chi connectivity index (χ0n) is 19.3. The van der Waals surface area contributed by atoms with Gasteiger partial charge in [0.1, 0.15) is 23.4 Å². The number of thiophene rings is 1. The molecule has 0 fully saturated rings. The molecule has 176 valence electrons. The number of benzene rings is 2. The summed E-state index contributed by atoms with van der Waals surface area (Å²) in [6.45, 7) is 7.28. The molecule has 1 heterocycles. The summed E-state index contributed by atoms with van der Waals surface area (Å²) >= 11 is 15.1. The van der Waals surface area contributed by atoms with Crippen LogP contribution in [0.3, 0.4) is 0 Å². The Morgan fingerprint density at radius 2 is 1.94 bits per heavy atom. The highest BCUT2D eigenvalue weighted by Gasteiger charge is 2.32. The minimum absolute atomic E-state index is 0.270. The average molecular weight is 621 g/mol. The van der Waals surface area contributed by atoms with E-state index in [1.54, 1.807) is 11.3 Å². The Labute approximate surface area is 227 Å². The third kappa shape index (κ3) is 5.60. The molecule has 1 aromatic heterocycles. The normalized spacial score (nSPS) is 15.9. The van der Waals surface area contributed by atoms with Crippen molar-refractivity contribution in [1.82, 2.24) is 0 Å². The van der Waals surface area contributed by atoms with Crippen LogP contribution in [0.2, 0.25) is 5.02 Å². The molecule has 3 aromatic rings. The lowest BCUT2D eigenvalue weighted by Crippen LogP contribution is -2.26. The van der Waals surface area contributed by atoms with E-state index in [9.17, 15) is 5.26 Å². The van der Waals surface area contributed by atoms with Gasteiger partial charge in [-0.2, -0.15) is 5.26 Å². The second kappa shape index (κ2) is 10.5.